The first-order valence-electron chi connectivity index (χ1n) is 6.37. The van der Waals surface area contributed by atoms with E-state index in [1.165, 1.54) is 0 Å². The first-order chi connectivity index (χ1) is 9.51. The Morgan fingerprint density at radius 3 is 1.95 bits per heavy atom. The van der Waals surface area contributed by atoms with Crippen LogP contribution in [0.15, 0.2) is 53.4 Å². The normalized spacial score (nSPS) is 11.2. The van der Waals surface area contributed by atoms with E-state index in [9.17, 15) is 8.42 Å². The molecule has 2 aromatic carbocycles. The lowest BCUT2D eigenvalue weighted by molar-refractivity contribution is 0.482. The quantitative estimate of drug-likeness (QED) is 0.859. The highest BCUT2D eigenvalue weighted by atomic mass is 32.2. The Labute approximate surface area is 119 Å². The van der Waals surface area contributed by atoms with Crippen LogP contribution in [0, 0.1) is 0 Å². The van der Waals surface area contributed by atoms with Crippen molar-refractivity contribution < 1.29 is 13.2 Å². The van der Waals surface area contributed by atoms with Crippen molar-refractivity contribution in [3.63, 3.8) is 0 Å². The molecule has 0 radical (unpaired) electrons. The maximum absolute atomic E-state index is 11.9. The third kappa shape index (κ3) is 3.51. The van der Waals surface area contributed by atoms with Crippen molar-refractivity contribution in [3.8, 4) is 11.5 Å². The molecule has 0 aliphatic heterocycles. The van der Waals surface area contributed by atoms with Crippen LogP contribution in [0.5, 0.6) is 11.5 Å². The molecule has 2 aromatic rings. The van der Waals surface area contributed by atoms with Gasteiger partial charge in [0, 0.05) is 5.69 Å². The molecular formula is C15H17NO3S. The average Bonchev–Trinajstić information content (AvgIpc) is 2.42. The molecule has 20 heavy (non-hydrogen) atoms. The maximum Gasteiger partial charge on any atom is 0.178 e. The van der Waals surface area contributed by atoms with E-state index in [2.05, 4.69) is 0 Å². The number of ether oxygens (including phenoxy) is 1. The summed E-state index contributed by atoms with van der Waals surface area (Å²) in [4.78, 5) is 0.323. The van der Waals surface area contributed by atoms with Gasteiger partial charge in [-0.25, -0.2) is 8.42 Å². The summed E-state index contributed by atoms with van der Waals surface area (Å²) in [6.07, 6.45) is 0.603. The number of hydrogen-bond donors (Lipinski definition) is 1. The zero-order valence-electron chi connectivity index (χ0n) is 11.2. The molecule has 106 valence electrons. The Balaban J connectivity index is 2.14. The first kappa shape index (κ1) is 14.4. The summed E-state index contributed by atoms with van der Waals surface area (Å²) in [5.41, 5.74) is 6.26. The van der Waals surface area contributed by atoms with Gasteiger partial charge in [0.25, 0.3) is 0 Å². The lowest BCUT2D eigenvalue weighted by Crippen LogP contribution is -2.05. The van der Waals surface area contributed by atoms with Gasteiger partial charge in [0.1, 0.15) is 11.5 Å². The van der Waals surface area contributed by atoms with Crippen molar-refractivity contribution in [1.29, 1.82) is 0 Å². The third-order valence-electron chi connectivity index (χ3n) is 2.77. The molecule has 2 rings (SSSR count). The van der Waals surface area contributed by atoms with Crippen LogP contribution in [0.2, 0.25) is 0 Å². The maximum atomic E-state index is 11.9. The van der Waals surface area contributed by atoms with Gasteiger partial charge in [-0.05, 0) is 55.0 Å². The van der Waals surface area contributed by atoms with Crippen LogP contribution in [0.25, 0.3) is 0 Å². The minimum Gasteiger partial charge on any atom is -0.457 e. The summed E-state index contributed by atoms with van der Waals surface area (Å²) in [5, 5.41) is 0. The molecule has 0 atom stereocenters. The van der Waals surface area contributed by atoms with Gasteiger partial charge < -0.3 is 10.5 Å². The highest BCUT2D eigenvalue weighted by Crippen LogP contribution is 2.24. The second-order valence-electron chi connectivity index (χ2n) is 4.46. The summed E-state index contributed by atoms with van der Waals surface area (Å²) in [5.74, 6) is 1.40. The number of rotatable bonds is 5. The molecule has 0 amide bonds. The van der Waals surface area contributed by atoms with Crippen molar-refractivity contribution >= 4 is 15.5 Å². The van der Waals surface area contributed by atoms with Crippen LogP contribution in [0.1, 0.15) is 13.3 Å². The number of benzene rings is 2. The van der Waals surface area contributed by atoms with E-state index in [0.29, 0.717) is 28.5 Å². The van der Waals surface area contributed by atoms with Crippen LogP contribution < -0.4 is 10.5 Å². The lowest BCUT2D eigenvalue weighted by Gasteiger charge is -2.07. The van der Waals surface area contributed by atoms with E-state index < -0.39 is 9.84 Å². The van der Waals surface area contributed by atoms with Gasteiger partial charge in [0.2, 0.25) is 0 Å². The fourth-order valence-corrected chi connectivity index (χ4v) is 3.10. The monoisotopic (exact) mass is 291 g/mol. The molecule has 0 unspecified atom stereocenters. The van der Waals surface area contributed by atoms with Crippen LogP contribution in [-0.2, 0) is 9.84 Å². The summed E-state index contributed by atoms with van der Waals surface area (Å²) in [6, 6.07) is 13.5. The predicted molar refractivity (Wildman–Crippen MR) is 79.7 cm³/mol. The van der Waals surface area contributed by atoms with E-state index in [4.69, 9.17) is 10.5 Å². The summed E-state index contributed by atoms with van der Waals surface area (Å²) in [6.45, 7) is 1.84. The Bertz CT molecular complexity index is 661. The highest BCUT2D eigenvalue weighted by Gasteiger charge is 2.12. The van der Waals surface area contributed by atoms with Gasteiger partial charge >= 0.3 is 0 Å². The molecular weight excluding hydrogens is 274 g/mol. The van der Waals surface area contributed by atoms with Gasteiger partial charge in [-0.15, -0.1) is 0 Å². The largest absolute Gasteiger partial charge is 0.457 e. The van der Waals surface area contributed by atoms with E-state index in [-0.39, 0.29) is 5.75 Å². The van der Waals surface area contributed by atoms with Gasteiger partial charge in [0.15, 0.2) is 9.84 Å². The Morgan fingerprint density at radius 1 is 0.950 bits per heavy atom. The zero-order chi connectivity index (χ0) is 14.6. The molecule has 5 heteroatoms. The zero-order valence-corrected chi connectivity index (χ0v) is 12.1. The van der Waals surface area contributed by atoms with Crippen molar-refractivity contribution in [2.75, 3.05) is 11.5 Å². The van der Waals surface area contributed by atoms with Crippen LogP contribution in [0.3, 0.4) is 0 Å². The van der Waals surface area contributed by atoms with Gasteiger partial charge in [-0.2, -0.15) is 0 Å². The SMILES string of the molecule is CCCS(=O)(=O)c1ccc(Oc2ccc(N)cc2)cc1. The number of nitrogen functional groups attached to an aromatic ring is 1. The fourth-order valence-electron chi connectivity index (χ4n) is 1.77. The molecule has 2 N–H and O–H groups in total. The van der Waals surface area contributed by atoms with Crippen LogP contribution in [-0.4, -0.2) is 14.2 Å². The fraction of sp³-hybridized carbons (Fsp3) is 0.200. The predicted octanol–water partition coefficient (Wildman–Crippen LogP) is 3.24. The Hall–Kier alpha value is -2.01. The average molecular weight is 291 g/mol. The minimum atomic E-state index is -3.18. The second kappa shape index (κ2) is 5.96. The van der Waals surface area contributed by atoms with Crippen molar-refractivity contribution in [2.45, 2.75) is 18.2 Å². The standard InChI is InChI=1S/C15H17NO3S/c1-2-11-20(17,18)15-9-7-14(8-10-15)19-13-5-3-12(16)4-6-13/h3-10H,2,11,16H2,1H3. The summed E-state index contributed by atoms with van der Waals surface area (Å²) < 4.78 is 29.4. The Morgan fingerprint density at radius 2 is 1.45 bits per heavy atom. The minimum absolute atomic E-state index is 0.158. The number of hydrogen-bond acceptors (Lipinski definition) is 4. The number of nitrogens with two attached hydrogens (primary N) is 1. The molecule has 0 saturated carbocycles. The molecule has 0 spiro atoms. The van der Waals surface area contributed by atoms with E-state index in [0.717, 1.165) is 0 Å². The molecule has 0 fully saturated rings. The topological polar surface area (TPSA) is 69.4 Å². The molecule has 0 aliphatic carbocycles. The smallest absolute Gasteiger partial charge is 0.178 e. The van der Waals surface area contributed by atoms with Gasteiger partial charge in [-0.1, -0.05) is 6.92 Å². The van der Waals surface area contributed by atoms with Crippen molar-refractivity contribution in [1.82, 2.24) is 0 Å². The van der Waals surface area contributed by atoms with E-state index in [1.54, 1.807) is 48.5 Å². The Kier molecular flexibility index (Phi) is 4.29. The number of anilines is 1. The summed E-state index contributed by atoms with van der Waals surface area (Å²) >= 11 is 0. The van der Waals surface area contributed by atoms with Crippen molar-refractivity contribution in [2.24, 2.45) is 0 Å². The van der Waals surface area contributed by atoms with Gasteiger partial charge in [-0.3, -0.25) is 0 Å². The number of sulfone groups is 1. The first-order valence-corrected chi connectivity index (χ1v) is 8.03. The third-order valence-corrected chi connectivity index (χ3v) is 4.71. The van der Waals surface area contributed by atoms with Gasteiger partial charge in [0.05, 0.1) is 10.6 Å². The highest BCUT2D eigenvalue weighted by molar-refractivity contribution is 7.91. The molecule has 0 saturated heterocycles. The van der Waals surface area contributed by atoms with Crippen LogP contribution >= 0.6 is 0 Å². The lowest BCUT2D eigenvalue weighted by atomic mass is 10.3. The molecule has 0 heterocycles. The molecule has 0 bridgehead atoms. The van der Waals surface area contributed by atoms with Crippen molar-refractivity contribution in [3.05, 3.63) is 48.5 Å². The molecule has 0 aromatic heterocycles. The van der Waals surface area contributed by atoms with Crippen LogP contribution in [0.4, 0.5) is 5.69 Å². The summed E-state index contributed by atoms with van der Waals surface area (Å²) in [7, 11) is -3.18. The molecule has 0 aliphatic rings. The molecule has 4 nitrogen and oxygen atoms in total. The second-order valence-corrected chi connectivity index (χ2v) is 6.57. The van der Waals surface area contributed by atoms with E-state index >= 15 is 0 Å². The van der Waals surface area contributed by atoms with E-state index in [1.807, 2.05) is 6.92 Å².